The monoisotopic (exact) mass is 456 g/mol. The molecule has 1 heterocycles. The summed E-state index contributed by atoms with van der Waals surface area (Å²) in [6.07, 6.45) is 17.8. The lowest BCUT2D eigenvalue weighted by Crippen LogP contribution is -2.26. The molecule has 1 rings (SSSR count). The van der Waals surface area contributed by atoms with Crippen molar-refractivity contribution in [2.75, 3.05) is 26.3 Å². The molecule has 0 saturated heterocycles. The number of rotatable bonds is 18. The summed E-state index contributed by atoms with van der Waals surface area (Å²) in [4.78, 5) is 29.6. The fourth-order valence-electron chi connectivity index (χ4n) is 3.14. The molecule has 33 heavy (non-hydrogen) atoms. The summed E-state index contributed by atoms with van der Waals surface area (Å²) in [5.41, 5.74) is 1.19. The Kier molecular flexibility index (Phi) is 16.1. The summed E-state index contributed by atoms with van der Waals surface area (Å²) in [5, 5.41) is 0. The Morgan fingerprint density at radius 3 is 2.33 bits per heavy atom. The van der Waals surface area contributed by atoms with Crippen molar-refractivity contribution in [2.24, 2.45) is 5.92 Å². The van der Waals surface area contributed by atoms with Gasteiger partial charge in [-0.2, -0.15) is 0 Å². The highest BCUT2D eigenvalue weighted by molar-refractivity contribution is 5.69. The lowest BCUT2D eigenvalue weighted by atomic mass is 9.99. The van der Waals surface area contributed by atoms with Gasteiger partial charge in [0.2, 0.25) is 0 Å². The van der Waals surface area contributed by atoms with Crippen molar-refractivity contribution in [1.29, 1.82) is 0 Å². The number of nitrogens with zero attached hydrogens (tertiary/aromatic N) is 2. The van der Waals surface area contributed by atoms with Gasteiger partial charge in [0.15, 0.2) is 0 Å². The molecule has 0 aliphatic heterocycles. The minimum atomic E-state index is -0.183. The van der Waals surface area contributed by atoms with E-state index in [1.807, 2.05) is 49.4 Å². The van der Waals surface area contributed by atoms with Crippen LogP contribution >= 0.6 is 0 Å². The van der Waals surface area contributed by atoms with E-state index in [1.54, 1.807) is 12.4 Å². The first-order valence-electron chi connectivity index (χ1n) is 11.9. The Morgan fingerprint density at radius 1 is 1.03 bits per heavy atom. The van der Waals surface area contributed by atoms with Crippen LogP contribution in [0.15, 0.2) is 61.5 Å². The predicted octanol–water partition coefficient (Wildman–Crippen LogP) is 5.27. The smallest absolute Gasteiger partial charge is 0.307 e. The molecular formula is C27H40N2O4. The second-order valence-corrected chi connectivity index (χ2v) is 7.84. The fourth-order valence-corrected chi connectivity index (χ4v) is 3.14. The van der Waals surface area contributed by atoms with Crippen LogP contribution in [-0.4, -0.2) is 48.1 Å². The molecule has 0 amide bonds. The Morgan fingerprint density at radius 2 is 1.70 bits per heavy atom. The number of hydrogen-bond donors (Lipinski definition) is 0. The summed E-state index contributed by atoms with van der Waals surface area (Å²) in [5.74, 6) is 0.0259. The largest absolute Gasteiger partial charge is 0.461 e. The number of carbonyl (C=O) groups excluding carboxylic acids is 2. The maximum absolute atomic E-state index is 12.0. The number of pyridine rings is 1. The van der Waals surface area contributed by atoms with Gasteiger partial charge in [-0.15, -0.1) is 6.58 Å². The predicted molar refractivity (Wildman–Crippen MR) is 132 cm³/mol. The van der Waals surface area contributed by atoms with E-state index in [0.717, 1.165) is 38.8 Å². The van der Waals surface area contributed by atoms with Crippen LogP contribution < -0.4 is 0 Å². The van der Waals surface area contributed by atoms with Crippen molar-refractivity contribution >= 4 is 11.9 Å². The van der Waals surface area contributed by atoms with E-state index in [0.29, 0.717) is 38.5 Å². The highest BCUT2D eigenvalue weighted by Gasteiger charge is 2.08. The van der Waals surface area contributed by atoms with Gasteiger partial charge in [0.1, 0.15) is 13.2 Å². The Balaban J connectivity index is 2.16. The molecule has 0 bridgehead atoms. The number of esters is 2. The molecule has 1 atom stereocenters. The first-order chi connectivity index (χ1) is 16.1. The summed E-state index contributed by atoms with van der Waals surface area (Å²) in [6, 6.07) is 3.98. The van der Waals surface area contributed by atoms with Gasteiger partial charge < -0.3 is 9.47 Å². The summed E-state index contributed by atoms with van der Waals surface area (Å²) in [7, 11) is 0. The second kappa shape index (κ2) is 18.8. The molecule has 0 aliphatic carbocycles. The normalized spacial score (nSPS) is 12.3. The van der Waals surface area contributed by atoms with Gasteiger partial charge >= 0.3 is 11.9 Å². The quantitative estimate of drug-likeness (QED) is 0.222. The molecule has 1 aromatic heterocycles. The first-order valence-corrected chi connectivity index (χ1v) is 11.9. The molecule has 6 nitrogen and oxygen atoms in total. The highest BCUT2D eigenvalue weighted by Crippen LogP contribution is 2.13. The van der Waals surface area contributed by atoms with Crippen LogP contribution in [0, 0.1) is 5.92 Å². The third-order valence-electron chi connectivity index (χ3n) is 5.18. The molecule has 0 aromatic carbocycles. The molecule has 1 aromatic rings. The van der Waals surface area contributed by atoms with Crippen LogP contribution in [0.25, 0.3) is 0 Å². The van der Waals surface area contributed by atoms with Crippen molar-refractivity contribution in [3.05, 3.63) is 67.0 Å². The van der Waals surface area contributed by atoms with E-state index in [4.69, 9.17) is 9.47 Å². The van der Waals surface area contributed by atoms with E-state index >= 15 is 0 Å². The van der Waals surface area contributed by atoms with Gasteiger partial charge in [-0.25, -0.2) is 0 Å². The van der Waals surface area contributed by atoms with Crippen molar-refractivity contribution in [1.82, 2.24) is 9.88 Å². The van der Waals surface area contributed by atoms with Crippen molar-refractivity contribution in [3.8, 4) is 0 Å². The Labute approximate surface area is 199 Å². The molecule has 0 N–H and O–H groups in total. The van der Waals surface area contributed by atoms with E-state index in [1.165, 1.54) is 5.56 Å². The van der Waals surface area contributed by atoms with Gasteiger partial charge in [-0.3, -0.25) is 19.5 Å². The van der Waals surface area contributed by atoms with Crippen LogP contribution in [-0.2, 0) is 25.6 Å². The lowest BCUT2D eigenvalue weighted by Gasteiger charge is -2.19. The molecule has 0 saturated carbocycles. The standard InChI is InChI=1S/C27H40N2O4/c1-4-12-26(30)32-21-10-7-8-13-24(5-2)14-9-11-22-33-27(31)17-20-29(6-3)23-25-15-18-28-19-16-25/h5,7,9-11,15-16,18-19,24H,2,4,6,8,12-14,17,20-23H2,1,3H3/b10-7+,11-9-. The fraction of sp³-hybridized carbons (Fsp3) is 0.519. The minimum Gasteiger partial charge on any atom is -0.461 e. The van der Waals surface area contributed by atoms with Crippen LogP contribution in [0.3, 0.4) is 0 Å². The Hall–Kier alpha value is -2.73. The van der Waals surface area contributed by atoms with Crippen molar-refractivity contribution in [3.63, 3.8) is 0 Å². The van der Waals surface area contributed by atoms with E-state index in [-0.39, 0.29) is 11.9 Å². The van der Waals surface area contributed by atoms with Crippen LogP contribution in [0.1, 0.15) is 57.9 Å². The van der Waals surface area contributed by atoms with Gasteiger partial charge in [0, 0.05) is 31.9 Å². The zero-order chi connectivity index (χ0) is 24.2. The second-order valence-electron chi connectivity index (χ2n) is 7.84. The van der Waals surface area contributed by atoms with E-state index < -0.39 is 0 Å². The summed E-state index contributed by atoms with van der Waals surface area (Å²) in [6.45, 7) is 10.9. The molecule has 0 fully saturated rings. The number of aromatic nitrogens is 1. The number of hydrogen-bond acceptors (Lipinski definition) is 6. The van der Waals surface area contributed by atoms with Crippen molar-refractivity contribution < 1.29 is 19.1 Å². The zero-order valence-corrected chi connectivity index (χ0v) is 20.3. The highest BCUT2D eigenvalue weighted by atomic mass is 16.5. The average molecular weight is 457 g/mol. The zero-order valence-electron chi connectivity index (χ0n) is 20.3. The lowest BCUT2D eigenvalue weighted by molar-refractivity contribution is -0.143. The molecule has 182 valence electrons. The molecule has 0 radical (unpaired) electrons. The van der Waals surface area contributed by atoms with E-state index in [9.17, 15) is 9.59 Å². The van der Waals surface area contributed by atoms with Gasteiger partial charge in [0.05, 0.1) is 6.42 Å². The van der Waals surface area contributed by atoms with E-state index in [2.05, 4.69) is 23.4 Å². The third-order valence-corrected chi connectivity index (χ3v) is 5.18. The summed E-state index contributed by atoms with van der Waals surface area (Å²) >= 11 is 0. The molecular weight excluding hydrogens is 416 g/mol. The average Bonchev–Trinajstić information content (AvgIpc) is 2.83. The molecule has 6 heteroatoms. The molecule has 0 spiro atoms. The van der Waals surface area contributed by atoms with Gasteiger partial charge in [-0.1, -0.05) is 44.2 Å². The van der Waals surface area contributed by atoms with Crippen LogP contribution in [0.4, 0.5) is 0 Å². The summed E-state index contributed by atoms with van der Waals surface area (Å²) < 4.78 is 10.4. The van der Waals surface area contributed by atoms with Crippen LogP contribution in [0.2, 0.25) is 0 Å². The van der Waals surface area contributed by atoms with Crippen molar-refractivity contribution in [2.45, 2.75) is 58.9 Å². The Bertz CT molecular complexity index is 731. The van der Waals surface area contributed by atoms with Gasteiger partial charge in [-0.05, 0) is 55.8 Å². The minimum absolute atomic E-state index is 0.149. The molecule has 1 unspecified atom stereocenters. The number of allylic oxidation sites excluding steroid dienone is 3. The number of carbonyl (C=O) groups is 2. The molecule has 0 aliphatic rings. The topological polar surface area (TPSA) is 68.7 Å². The van der Waals surface area contributed by atoms with Gasteiger partial charge in [0.25, 0.3) is 0 Å². The maximum Gasteiger partial charge on any atom is 0.307 e. The SMILES string of the molecule is C=CC(C/C=C\COC(=O)CCN(CC)Cc1ccncc1)CC/C=C/COC(=O)CCC. The first kappa shape index (κ1) is 28.3. The third kappa shape index (κ3) is 14.9. The van der Waals surface area contributed by atoms with Crippen LogP contribution in [0.5, 0.6) is 0 Å². The maximum atomic E-state index is 12.0. The number of ether oxygens (including phenoxy) is 2.